The SMILES string of the molecule is Cc1cnn([C@@H](C)[C@H](C)NCc2ccc(-n3cccn3)cc2)c1. The van der Waals surface area contributed by atoms with Crippen LogP contribution in [0, 0.1) is 6.92 Å². The highest BCUT2D eigenvalue weighted by atomic mass is 15.3. The van der Waals surface area contributed by atoms with Crippen LogP contribution in [-0.2, 0) is 6.54 Å². The van der Waals surface area contributed by atoms with Gasteiger partial charge in [0.15, 0.2) is 0 Å². The molecule has 0 aliphatic rings. The van der Waals surface area contributed by atoms with Crippen molar-refractivity contribution in [3.8, 4) is 5.69 Å². The second kappa shape index (κ2) is 6.79. The maximum Gasteiger partial charge on any atom is 0.0645 e. The van der Waals surface area contributed by atoms with Gasteiger partial charge < -0.3 is 5.32 Å². The van der Waals surface area contributed by atoms with E-state index in [9.17, 15) is 0 Å². The Kier molecular flexibility index (Phi) is 4.57. The Morgan fingerprint density at radius 1 is 1.13 bits per heavy atom. The van der Waals surface area contributed by atoms with E-state index >= 15 is 0 Å². The van der Waals surface area contributed by atoms with Crippen molar-refractivity contribution in [3.05, 3.63) is 66.2 Å². The molecule has 5 heteroatoms. The highest BCUT2D eigenvalue weighted by Gasteiger charge is 2.14. The van der Waals surface area contributed by atoms with E-state index in [4.69, 9.17) is 0 Å². The van der Waals surface area contributed by atoms with E-state index in [1.807, 2.05) is 27.8 Å². The molecule has 0 bridgehead atoms. The number of aromatic nitrogens is 4. The summed E-state index contributed by atoms with van der Waals surface area (Å²) in [7, 11) is 0. The average molecular weight is 309 g/mol. The van der Waals surface area contributed by atoms with E-state index in [1.54, 1.807) is 6.20 Å². The van der Waals surface area contributed by atoms with Gasteiger partial charge in [-0.3, -0.25) is 4.68 Å². The minimum absolute atomic E-state index is 0.312. The lowest BCUT2D eigenvalue weighted by molar-refractivity contribution is 0.365. The van der Waals surface area contributed by atoms with Crippen LogP contribution in [-0.4, -0.2) is 25.6 Å². The van der Waals surface area contributed by atoms with Crippen LogP contribution in [0.3, 0.4) is 0 Å². The van der Waals surface area contributed by atoms with E-state index in [-0.39, 0.29) is 0 Å². The molecule has 0 spiro atoms. The van der Waals surface area contributed by atoms with Gasteiger partial charge >= 0.3 is 0 Å². The molecule has 2 heterocycles. The highest BCUT2D eigenvalue weighted by Crippen LogP contribution is 2.13. The van der Waals surface area contributed by atoms with E-state index in [1.165, 1.54) is 11.1 Å². The first-order valence-corrected chi connectivity index (χ1v) is 7.96. The standard InChI is InChI=1S/C18H23N5/c1-14-11-21-23(13-14)16(3)15(2)19-12-17-5-7-18(8-6-17)22-10-4-9-20-22/h4-11,13,15-16,19H,12H2,1-3H3/t15-,16-/m0/s1. The molecular formula is C18H23N5. The van der Waals surface area contributed by atoms with Crippen LogP contribution in [0.15, 0.2) is 55.1 Å². The number of rotatable bonds is 6. The molecule has 0 unspecified atom stereocenters. The van der Waals surface area contributed by atoms with Crippen molar-refractivity contribution in [1.82, 2.24) is 24.9 Å². The average Bonchev–Trinajstić information content (AvgIpc) is 3.24. The van der Waals surface area contributed by atoms with Crippen molar-refractivity contribution in [2.75, 3.05) is 0 Å². The fourth-order valence-electron chi connectivity index (χ4n) is 2.52. The molecule has 23 heavy (non-hydrogen) atoms. The van der Waals surface area contributed by atoms with Crippen LogP contribution in [0.2, 0.25) is 0 Å². The van der Waals surface area contributed by atoms with Gasteiger partial charge in [-0.25, -0.2) is 4.68 Å². The van der Waals surface area contributed by atoms with Crippen LogP contribution >= 0.6 is 0 Å². The first-order valence-electron chi connectivity index (χ1n) is 7.96. The minimum atomic E-state index is 0.312. The van der Waals surface area contributed by atoms with Crippen LogP contribution in [0.25, 0.3) is 5.69 Å². The Morgan fingerprint density at radius 2 is 1.91 bits per heavy atom. The summed E-state index contributed by atoms with van der Waals surface area (Å²) >= 11 is 0. The van der Waals surface area contributed by atoms with E-state index in [0.29, 0.717) is 12.1 Å². The minimum Gasteiger partial charge on any atom is -0.308 e. The maximum atomic E-state index is 4.40. The van der Waals surface area contributed by atoms with Crippen molar-refractivity contribution in [3.63, 3.8) is 0 Å². The number of hydrogen-bond donors (Lipinski definition) is 1. The van der Waals surface area contributed by atoms with Gasteiger partial charge in [0.2, 0.25) is 0 Å². The number of aryl methyl sites for hydroxylation is 1. The summed E-state index contributed by atoms with van der Waals surface area (Å²) in [6.45, 7) is 7.28. The van der Waals surface area contributed by atoms with E-state index < -0.39 is 0 Å². The fourth-order valence-corrected chi connectivity index (χ4v) is 2.52. The first kappa shape index (κ1) is 15.5. The van der Waals surface area contributed by atoms with E-state index in [0.717, 1.165) is 12.2 Å². The van der Waals surface area contributed by atoms with Crippen molar-refractivity contribution in [2.24, 2.45) is 0 Å². The fraction of sp³-hybridized carbons (Fsp3) is 0.333. The van der Waals surface area contributed by atoms with Crippen molar-refractivity contribution in [1.29, 1.82) is 0 Å². The van der Waals surface area contributed by atoms with Gasteiger partial charge in [0, 0.05) is 31.2 Å². The monoisotopic (exact) mass is 309 g/mol. The zero-order valence-electron chi connectivity index (χ0n) is 13.8. The summed E-state index contributed by atoms with van der Waals surface area (Å²) in [5, 5.41) is 12.2. The third-order valence-corrected chi connectivity index (χ3v) is 4.20. The number of benzene rings is 1. The maximum absolute atomic E-state index is 4.40. The Labute approximate surface area is 136 Å². The molecule has 0 fully saturated rings. The zero-order chi connectivity index (χ0) is 16.2. The molecule has 0 aliphatic carbocycles. The molecule has 0 saturated carbocycles. The quantitative estimate of drug-likeness (QED) is 0.761. The third kappa shape index (κ3) is 3.68. The summed E-state index contributed by atoms with van der Waals surface area (Å²) in [4.78, 5) is 0. The zero-order valence-corrected chi connectivity index (χ0v) is 13.8. The van der Waals surface area contributed by atoms with Crippen LogP contribution in [0.1, 0.15) is 31.0 Å². The third-order valence-electron chi connectivity index (χ3n) is 4.20. The van der Waals surface area contributed by atoms with Crippen molar-refractivity contribution < 1.29 is 0 Å². The van der Waals surface area contributed by atoms with Gasteiger partial charge in [-0.2, -0.15) is 10.2 Å². The number of hydrogen-bond acceptors (Lipinski definition) is 3. The second-order valence-electron chi connectivity index (χ2n) is 6.02. The van der Waals surface area contributed by atoms with Gasteiger partial charge in [0.1, 0.15) is 0 Å². The number of nitrogens with one attached hydrogen (secondary N) is 1. The molecule has 0 saturated heterocycles. The smallest absolute Gasteiger partial charge is 0.0645 e. The van der Waals surface area contributed by atoms with Gasteiger partial charge in [-0.1, -0.05) is 12.1 Å². The highest BCUT2D eigenvalue weighted by molar-refractivity contribution is 5.33. The molecule has 1 aromatic carbocycles. The molecular weight excluding hydrogens is 286 g/mol. The van der Waals surface area contributed by atoms with Crippen LogP contribution in [0.4, 0.5) is 0 Å². The largest absolute Gasteiger partial charge is 0.308 e. The summed E-state index contributed by atoms with van der Waals surface area (Å²) < 4.78 is 3.88. The molecule has 2 aromatic heterocycles. The van der Waals surface area contributed by atoms with Crippen molar-refractivity contribution in [2.45, 2.75) is 39.4 Å². The van der Waals surface area contributed by atoms with Gasteiger partial charge in [0.25, 0.3) is 0 Å². The van der Waals surface area contributed by atoms with Crippen LogP contribution in [0.5, 0.6) is 0 Å². The summed E-state index contributed by atoms with van der Waals surface area (Å²) in [6, 6.07) is 11.0. The topological polar surface area (TPSA) is 47.7 Å². The molecule has 120 valence electrons. The Hall–Kier alpha value is -2.40. The lowest BCUT2D eigenvalue weighted by Crippen LogP contribution is -2.33. The summed E-state index contributed by atoms with van der Waals surface area (Å²) in [5.41, 5.74) is 3.53. The molecule has 0 radical (unpaired) electrons. The van der Waals surface area contributed by atoms with Gasteiger partial charge in [0.05, 0.1) is 17.9 Å². The predicted octanol–water partition coefficient (Wildman–Crippen LogP) is 3.12. The second-order valence-corrected chi connectivity index (χ2v) is 6.02. The lowest BCUT2D eigenvalue weighted by atomic mass is 10.1. The molecule has 0 amide bonds. The van der Waals surface area contributed by atoms with Crippen molar-refractivity contribution >= 4 is 0 Å². The lowest BCUT2D eigenvalue weighted by Gasteiger charge is -2.22. The molecule has 3 rings (SSSR count). The molecule has 1 N–H and O–H groups in total. The number of nitrogens with zero attached hydrogens (tertiary/aromatic N) is 4. The van der Waals surface area contributed by atoms with E-state index in [2.05, 4.69) is 66.7 Å². The Bertz CT molecular complexity index is 727. The van der Waals surface area contributed by atoms with Gasteiger partial charge in [-0.15, -0.1) is 0 Å². The normalized spacial score (nSPS) is 13.9. The molecule has 3 aromatic rings. The summed E-state index contributed by atoms with van der Waals surface area (Å²) in [5.74, 6) is 0. The van der Waals surface area contributed by atoms with Gasteiger partial charge in [-0.05, 0) is 50.1 Å². The predicted molar refractivity (Wildman–Crippen MR) is 91.5 cm³/mol. The Balaban J connectivity index is 1.57. The Morgan fingerprint density at radius 3 is 2.52 bits per heavy atom. The van der Waals surface area contributed by atoms with Crippen LogP contribution < -0.4 is 5.32 Å². The molecule has 2 atom stereocenters. The molecule has 0 aliphatic heterocycles. The first-order chi connectivity index (χ1) is 11.1. The molecule has 5 nitrogen and oxygen atoms in total. The summed E-state index contributed by atoms with van der Waals surface area (Å²) in [6.07, 6.45) is 7.72.